The molecule has 132 valence electrons. The predicted molar refractivity (Wildman–Crippen MR) is 91.2 cm³/mol. The summed E-state index contributed by atoms with van der Waals surface area (Å²) in [5.41, 5.74) is 0.589. The van der Waals surface area contributed by atoms with Crippen LogP contribution in [0.5, 0.6) is 0 Å². The summed E-state index contributed by atoms with van der Waals surface area (Å²) in [7, 11) is 0. The van der Waals surface area contributed by atoms with Crippen molar-refractivity contribution in [3.05, 3.63) is 35.5 Å². The summed E-state index contributed by atoms with van der Waals surface area (Å²) in [6.07, 6.45) is 4.52. The van der Waals surface area contributed by atoms with Crippen molar-refractivity contribution in [3.63, 3.8) is 0 Å². The number of morpholine rings is 1. The Balaban J connectivity index is 1.42. The number of ether oxygens (including phenoxy) is 1. The topological polar surface area (TPSA) is 96.0 Å². The first-order chi connectivity index (χ1) is 12.2. The molecule has 2 aromatic rings. The minimum absolute atomic E-state index is 0.0370. The third-order valence-corrected chi connectivity index (χ3v) is 4.47. The standard InChI is InChI=1S/C17H22N6O2/c1-2-14-20-16(22-21-14)13-10-23(7-8-25-13)17(24)11-3-6-15(18-9-11)19-12-4-5-12/h3,6,9,12-13H,2,4-5,7-8,10H2,1H3,(H,18,19)(H,20,21,22)/t13-/m0/s1. The molecular formula is C17H22N6O2. The maximum absolute atomic E-state index is 12.7. The lowest BCUT2D eigenvalue weighted by molar-refractivity contribution is -0.0266. The molecule has 0 radical (unpaired) electrons. The fraction of sp³-hybridized carbons (Fsp3) is 0.529. The number of amides is 1. The quantitative estimate of drug-likeness (QED) is 0.856. The van der Waals surface area contributed by atoms with Crippen LogP contribution in [0.15, 0.2) is 18.3 Å². The number of aryl methyl sites for hydroxylation is 1. The van der Waals surface area contributed by atoms with Crippen molar-refractivity contribution < 1.29 is 9.53 Å². The summed E-state index contributed by atoms with van der Waals surface area (Å²) >= 11 is 0. The molecule has 2 fully saturated rings. The number of aromatic nitrogens is 4. The molecule has 8 nitrogen and oxygen atoms in total. The summed E-state index contributed by atoms with van der Waals surface area (Å²) in [6, 6.07) is 4.24. The molecule has 0 unspecified atom stereocenters. The third kappa shape index (κ3) is 3.63. The smallest absolute Gasteiger partial charge is 0.255 e. The number of pyridine rings is 1. The van der Waals surface area contributed by atoms with E-state index in [9.17, 15) is 4.79 Å². The molecule has 2 aliphatic rings. The van der Waals surface area contributed by atoms with Crippen LogP contribution in [0.2, 0.25) is 0 Å². The molecule has 3 heterocycles. The van der Waals surface area contributed by atoms with E-state index in [2.05, 4.69) is 25.5 Å². The highest BCUT2D eigenvalue weighted by Gasteiger charge is 2.29. The second-order valence-corrected chi connectivity index (χ2v) is 6.46. The fourth-order valence-corrected chi connectivity index (χ4v) is 2.83. The lowest BCUT2D eigenvalue weighted by Crippen LogP contribution is -2.42. The van der Waals surface area contributed by atoms with Crippen LogP contribution in [0.4, 0.5) is 5.82 Å². The van der Waals surface area contributed by atoms with Gasteiger partial charge in [0, 0.05) is 25.2 Å². The van der Waals surface area contributed by atoms with Crippen LogP contribution in [-0.4, -0.2) is 56.7 Å². The van der Waals surface area contributed by atoms with E-state index in [1.54, 1.807) is 11.1 Å². The van der Waals surface area contributed by atoms with Gasteiger partial charge in [-0.3, -0.25) is 9.89 Å². The van der Waals surface area contributed by atoms with Gasteiger partial charge in [-0.2, -0.15) is 5.10 Å². The van der Waals surface area contributed by atoms with Crippen LogP contribution >= 0.6 is 0 Å². The summed E-state index contributed by atoms with van der Waals surface area (Å²) in [5.74, 6) is 2.22. The van der Waals surface area contributed by atoms with Gasteiger partial charge in [0.05, 0.1) is 18.7 Å². The van der Waals surface area contributed by atoms with Gasteiger partial charge in [0.1, 0.15) is 17.7 Å². The lowest BCUT2D eigenvalue weighted by Gasteiger charge is -2.31. The molecule has 1 saturated heterocycles. The molecule has 4 rings (SSSR count). The average Bonchev–Trinajstić information content (AvgIpc) is 3.34. The minimum Gasteiger partial charge on any atom is -0.367 e. The Hall–Kier alpha value is -2.48. The normalized spacial score (nSPS) is 20.5. The van der Waals surface area contributed by atoms with Gasteiger partial charge in [-0.25, -0.2) is 9.97 Å². The van der Waals surface area contributed by atoms with Gasteiger partial charge in [-0.15, -0.1) is 0 Å². The van der Waals surface area contributed by atoms with Crippen LogP contribution in [0, 0.1) is 0 Å². The number of carbonyl (C=O) groups is 1. The molecule has 8 heteroatoms. The Labute approximate surface area is 146 Å². The highest BCUT2D eigenvalue weighted by atomic mass is 16.5. The minimum atomic E-state index is -0.294. The Bertz CT molecular complexity index is 740. The van der Waals surface area contributed by atoms with Crippen LogP contribution in [-0.2, 0) is 11.2 Å². The van der Waals surface area contributed by atoms with E-state index in [1.807, 2.05) is 19.1 Å². The third-order valence-electron chi connectivity index (χ3n) is 4.47. The molecule has 2 N–H and O–H groups in total. The van der Waals surface area contributed by atoms with Crippen molar-refractivity contribution in [1.82, 2.24) is 25.1 Å². The molecule has 0 spiro atoms. The number of anilines is 1. The zero-order valence-electron chi connectivity index (χ0n) is 14.2. The van der Waals surface area contributed by atoms with E-state index in [4.69, 9.17) is 4.74 Å². The van der Waals surface area contributed by atoms with E-state index in [1.165, 1.54) is 12.8 Å². The van der Waals surface area contributed by atoms with Gasteiger partial charge in [0.15, 0.2) is 5.82 Å². The van der Waals surface area contributed by atoms with Crippen LogP contribution in [0.3, 0.4) is 0 Å². The first-order valence-corrected chi connectivity index (χ1v) is 8.77. The van der Waals surface area contributed by atoms with Crippen LogP contribution < -0.4 is 5.32 Å². The van der Waals surface area contributed by atoms with Crippen molar-refractivity contribution in [3.8, 4) is 0 Å². The van der Waals surface area contributed by atoms with Crippen molar-refractivity contribution in [1.29, 1.82) is 0 Å². The number of nitrogens with zero attached hydrogens (tertiary/aromatic N) is 4. The zero-order valence-corrected chi connectivity index (χ0v) is 14.2. The van der Waals surface area contributed by atoms with Crippen molar-refractivity contribution in [2.45, 2.75) is 38.3 Å². The van der Waals surface area contributed by atoms with Crippen molar-refractivity contribution in [2.75, 3.05) is 25.0 Å². The summed E-state index contributed by atoms with van der Waals surface area (Å²) < 4.78 is 5.74. The van der Waals surface area contributed by atoms with Crippen LogP contribution in [0.1, 0.15) is 47.9 Å². The maximum Gasteiger partial charge on any atom is 0.255 e. The first-order valence-electron chi connectivity index (χ1n) is 8.77. The zero-order chi connectivity index (χ0) is 17.2. The van der Waals surface area contributed by atoms with Gasteiger partial charge in [-0.1, -0.05) is 6.92 Å². The molecule has 0 aromatic carbocycles. The van der Waals surface area contributed by atoms with Gasteiger partial charge in [0.2, 0.25) is 0 Å². The van der Waals surface area contributed by atoms with Gasteiger partial charge >= 0.3 is 0 Å². The molecule has 1 aliphatic heterocycles. The Kier molecular flexibility index (Phi) is 4.35. The number of aromatic amines is 1. The molecular weight excluding hydrogens is 320 g/mol. The molecule has 1 saturated carbocycles. The molecule has 1 aliphatic carbocycles. The monoisotopic (exact) mass is 342 g/mol. The highest BCUT2D eigenvalue weighted by molar-refractivity contribution is 5.94. The number of carbonyl (C=O) groups excluding carboxylic acids is 1. The predicted octanol–water partition coefficient (Wildman–Crippen LogP) is 1.55. The second-order valence-electron chi connectivity index (χ2n) is 6.46. The number of nitrogens with one attached hydrogen (secondary N) is 2. The summed E-state index contributed by atoms with van der Waals surface area (Å²) in [5, 5.41) is 10.4. The molecule has 25 heavy (non-hydrogen) atoms. The van der Waals surface area contributed by atoms with Gasteiger partial charge in [-0.05, 0) is 25.0 Å². The summed E-state index contributed by atoms with van der Waals surface area (Å²) in [6.45, 7) is 3.49. The fourth-order valence-electron chi connectivity index (χ4n) is 2.83. The second kappa shape index (κ2) is 6.79. The van der Waals surface area contributed by atoms with Gasteiger partial charge < -0.3 is 15.0 Å². The Morgan fingerprint density at radius 3 is 3.00 bits per heavy atom. The van der Waals surface area contributed by atoms with E-state index in [0.717, 1.165) is 18.1 Å². The van der Waals surface area contributed by atoms with E-state index in [0.29, 0.717) is 37.1 Å². The highest BCUT2D eigenvalue weighted by Crippen LogP contribution is 2.24. The first kappa shape index (κ1) is 16.0. The lowest BCUT2D eigenvalue weighted by atomic mass is 10.2. The molecule has 1 atom stereocenters. The SMILES string of the molecule is CCc1nc([C@@H]2CN(C(=O)c3ccc(NC4CC4)nc3)CCO2)n[nH]1. The molecule has 1 amide bonds. The Morgan fingerprint density at radius 1 is 1.44 bits per heavy atom. The van der Waals surface area contributed by atoms with E-state index in [-0.39, 0.29) is 12.0 Å². The Morgan fingerprint density at radius 2 is 2.32 bits per heavy atom. The van der Waals surface area contributed by atoms with E-state index < -0.39 is 0 Å². The van der Waals surface area contributed by atoms with Crippen molar-refractivity contribution in [2.24, 2.45) is 0 Å². The maximum atomic E-state index is 12.7. The summed E-state index contributed by atoms with van der Waals surface area (Å²) in [4.78, 5) is 23.3. The number of hydrogen-bond donors (Lipinski definition) is 2. The molecule has 2 aromatic heterocycles. The van der Waals surface area contributed by atoms with Crippen LogP contribution in [0.25, 0.3) is 0 Å². The number of hydrogen-bond acceptors (Lipinski definition) is 6. The van der Waals surface area contributed by atoms with E-state index >= 15 is 0 Å². The van der Waals surface area contributed by atoms with Gasteiger partial charge in [0.25, 0.3) is 5.91 Å². The number of rotatable bonds is 5. The number of H-pyrrole nitrogens is 1. The average molecular weight is 342 g/mol. The molecule has 0 bridgehead atoms. The van der Waals surface area contributed by atoms with Crippen molar-refractivity contribution >= 4 is 11.7 Å². The largest absolute Gasteiger partial charge is 0.367 e.